The number of aryl methyl sites for hydroxylation is 2. The highest BCUT2D eigenvalue weighted by Crippen LogP contribution is 2.19. The van der Waals surface area contributed by atoms with E-state index < -0.39 is 0 Å². The monoisotopic (exact) mass is 378 g/mol. The molecule has 3 N–H and O–H groups in total. The first kappa shape index (κ1) is 19.9. The predicted octanol–water partition coefficient (Wildman–Crippen LogP) is 3.58. The van der Waals surface area contributed by atoms with Crippen LogP contribution in [0.2, 0.25) is 0 Å². The maximum atomic E-state index is 12.6. The SMILES string of the molecule is Cc1cc(CCCN(C)c2cccc(C(=N)N)c2)ccc1C(=O)N1CCCC1. The summed E-state index contributed by atoms with van der Waals surface area (Å²) in [5.41, 5.74) is 10.6. The molecule has 5 nitrogen and oxygen atoms in total. The van der Waals surface area contributed by atoms with E-state index in [4.69, 9.17) is 11.1 Å². The van der Waals surface area contributed by atoms with Crippen molar-refractivity contribution in [1.29, 1.82) is 5.41 Å². The van der Waals surface area contributed by atoms with Crippen LogP contribution in [-0.2, 0) is 6.42 Å². The van der Waals surface area contributed by atoms with Crippen LogP contribution in [0, 0.1) is 12.3 Å². The van der Waals surface area contributed by atoms with Gasteiger partial charge in [-0.25, -0.2) is 0 Å². The van der Waals surface area contributed by atoms with Gasteiger partial charge in [-0.2, -0.15) is 0 Å². The number of anilines is 1. The van der Waals surface area contributed by atoms with Crippen LogP contribution in [0.1, 0.15) is 46.3 Å². The van der Waals surface area contributed by atoms with Gasteiger partial charge in [0, 0.05) is 43.5 Å². The molecule has 0 radical (unpaired) electrons. The molecule has 3 rings (SSSR count). The van der Waals surface area contributed by atoms with E-state index in [1.807, 2.05) is 42.2 Å². The van der Waals surface area contributed by atoms with Crippen molar-refractivity contribution in [1.82, 2.24) is 4.90 Å². The van der Waals surface area contributed by atoms with Gasteiger partial charge in [0.05, 0.1) is 0 Å². The Morgan fingerprint density at radius 3 is 2.61 bits per heavy atom. The van der Waals surface area contributed by atoms with Crippen LogP contribution in [0.3, 0.4) is 0 Å². The molecule has 5 heteroatoms. The van der Waals surface area contributed by atoms with Crippen molar-refractivity contribution in [2.75, 3.05) is 31.6 Å². The van der Waals surface area contributed by atoms with Crippen molar-refractivity contribution in [3.8, 4) is 0 Å². The van der Waals surface area contributed by atoms with Gasteiger partial charge < -0.3 is 15.5 Å². The summed E-state index contributed by atoms with van der Waals surface area (Å²) in [5.74, 6) is 0.265. The second-order valence-electron chi connectivity index (χ2n) is 7.64. The molecule has 2 aromatic rings. The highest BCUT2D eigenvalue weighted by molar-refractivity contribution is 5.96. The number of carbonyl (C=O) groups is 1. The first-order valence-electron chi connectivity index (χ1n) is 10.00. The van der Waals surface area contributed by atoms with Crippen molar-refractivity contribution >= 4 is 17.4 Å². The van der Waals surface area contributed by atoms with Gasteiger partial charge in [-0.3, -0.25) is 10.2 Å². The van der Waals surface area contributed by atoms with Gasteiger partial charge in [0.2, 0.25) is 0 Å². The Balaban J connectivity index is 1.56. The van der Waals surface area contributed by atoms with E-state index in [1.165, 1.54) is 5.56 Å². The van der Waals surface area contributed by atoms with Gasteiger partial charge >= 0.3 is 0 Å². The van der Waals surface area contributed by atoms with Crippen molar-refractivity contribution in [2.45, 2.75) is 32.6 Å². The molecule has 148 valence electrons. The van der Waals surface area contributed by atoms with E-state index in [0.717, 1.165) is 67.7 Å². The number of benzene rings is 2. The first-order chi connectivity index (χ1) is 13.5. The lowest BCUT2D eigenvalue weighted by Crippen LogP contribution is -2.28. The van der Waals surface area contributed by atoms with Crippen molar-refractivity contribution in [2.24, 2.45) is 5.73 Å². The number of likely N-dealkylation sites (tertiary alicyclic amines) is 1. The summed E-state index contributed by atoms with van der Waals surface area (Å²) in [5, 5.41) is 7.58. The third kappa shape index (κ3) is 4.71. The fraction of sp³-hybridized carbons (Fsp3) is 0.391. The summed E-state index contributed by atoms with van der Waals surface area (Å²) in [7, 11) is 2.06. The topological polar surface area (TPSA) is 73.4 Å². The van der Waals surface area contributed by atoms with Crippen LogP contribution in [0.15, 0.2) is 42.5 Å². The van der Waals surface area contributed by atoms with Crippen LogP contribution < -0.4 is 10.6 Å². The highest BCUT2D eigenvalue weighted by atomic mass is 16.2. The molecule has 0 aromatic heterocycles. The van der Waals surface area contributed by atoms with Crippen LogP contribution >= 0.6 is 0 Å². The number of amides is 1. The predicted molar refractivity (Wildman–Crippen MR) is 115 cm³/mol. The molecule has 1 amide bonds. The number of rotatable bonds is 7. The summed E-state index contributed by atoms with van der Waals surface area (Å²) in [6.07, 6.45) is 4.22. The summed E-state index contributed by atoms with van der Waals surface area (Å²) in [4.78, 5) is 16.8. The number of nitrogens with two attached hydrogens (primary N) is 1. The van der Waals surface area contributed by atoms with Crippen LogP contribution in [0.25, 0.3) is 0 Å². The van der Waals surface area contributed by atoms with Gasteiger partial charge in [0.1, 0.15) is 5.84 Å². The molecule has 1 aliphatic rings. The van der Waals surface area contributed by atoms with E-state index >= 15 is 0 Å². The molecule has 1 aliphatic heterocycles. The third-order valence-electron chi connectivity index (χ3n) is 5.47. The van der Waals surface area contributed by atoms with Crippen LogP contribution in [-0.4, -0.2) is 43.3 Å². The quantitative estimate of drug-likeness (QED) is 0.571. The van der Waals surface area contributed by atoms with E-state index in [9.17, 15) is 4.79 Å². The molecule has 0 spiro atoms. The second-order valence-corrected chi connectivity index (χ2v) is 7.64. The van der Waals surface area contributed by atoms with E-state index in [2.05, 4.69) is 24.1 Å². The Hall–Kier alpha value is -2.82. The Kier molecular flexibility index (Phi) is 6.34. The molecule has 0 saturated carbocycles. The van der Waals surface area contributed by atoms with Gasteiger partial charge in [0.25, 0.3) is 5.91 Å². The average Bonchev–Trinajstić information content (AvgIpc) is 3.22. The average molecular weight is 379 g/mol. The number of nitrogens with one attached hydrogen (secondary N) is 1. The molecule has 0 aliphatic carbocycles. The lowest BCUT2D eigenvalue weighted by molar-refractivity contribution is 0.0792. The molecule has 1 fully saturated rings. The number of carbonyl (C=O) groups excluding carboxylic acids is 1. The number of amidine groups is 1. The standard InChI is InChI=1S/C23H30N4O/c1-17-15-18(10-11-21(17)23(28)27-13-3-4-14-27)7-6-12-26(2)20-9-5-8-19(16-20)22(24)25/h5,8-11,15-16H,3-4,6-7,12-14H2,1-2H3,(H3,24,25). The minimum Gasteiger partial charge on any atom is -0.384 e. The molecule has 1 saturated heterocycles. The zero-order chi connectivity index (χ0) is 20.1. The summed E-state index contributed by atoms with van der Waals surface area (Å²) in [6, 6.07) is 14.0. The Labute approximate surface area is 167 Å². The number of nitrogens with zero attached hydrogens (tertiary/aromatic N) is 2. The molecule has 28 heavy (non-hydrogen) atoms. The normalized spacial score (nSPS) is 13.6. The lowest BCUT2D eigenvalue weighted by atomic mass is 10.0. The van der Waals surface area contributed by atoms with Gasteiger partial charge in [-0.1, -0.05) is 24.3 Å². The zero-order valence-electron chi connectivity index (χ0n) is 16.9. The summed E-state index contributed by atoms with van der Waals surface area (Å²) in [6.45, 7) is 4.72. The van der Waals surface area contributed by atoms with Gasteiger partial charge in [-0.05, 0) is 61.9 Å². The Morgan fingerprint density at radius 1 is 1.18 bits per heavy atom. The fourth-order valence-corrected chi connectivity index (χ4v) is 3.77. The molecule has 0 unspecified atom stereocenters. The van der Waals surface area contributed by atoms with Crippen molar-refractivity contribution < 1.29 is 4.79 Å². The molecule has 2 aromatic carbocycles. The van der Waals surface area contributed by atoms with Gasteiger partial charge in [0.15, 0.2) is 0 Å². The number of hydrogen-bond donors (Lipinski definition) is 2. The number of nitrogen functional groups attached to an aromatic ring is 1. The summed E-state index contributed by atoms with van der Waals surface area (Å²) >= 11 is 0. The molecular weight excluding hydrogens is 348 g/mol. The fourth-order valence-electron chi connectivity index (χ4n) is 3.77. The molecule has 1 heterocycles. The third-order valence-corrected chi connectivity index (χ3v) is 5.47. The molecule has 0 atom stereocenters. The smallest absolute Gasteiger partial charge is 0.254 e. The van der Waals surface area contributed by atoms with E-state index in [1.54, 1.807) is 0 Å². The van der Waals surface area contributed by atoms with E-state index in [0.29, 0.717) is 0 Å². The highest BCUT2D eigenvalue weighted by Gasteiger charge is 2.20. The van der Waals surface area contributed by atoms with Crippen LogP contribution in [0.4, 0.5) is 5.69 Å². The lowest BCUT2D eigenvalue weighted by Gasteiger charge is -2.20. The van der Waals surface area contributed by atoms with Crippen LogP contribution in [0.5, 0.6) is 0 Å². The zero-order valence-corrected chi connectivity index (χ0v) is 16.9. The van der Waals surface area contributed by atoms with Crippen molar-refractivity contribution in [3.63, 3.8) is 0 Å². The maximum Gasteiger partial charge on any atom is 0.254 e. The van der Waals surface area contributed by atoms with E-state index in [-0.39, 0.29) is 11.7 Å². The minimum atomic E-state index is 0.0919. The first-order valence-corrected chi connectivity index (χ1v) is 10.00. The Morgan fingerprint density at radius 2 is 1.93 bits per heavy atom. The molecule has 0 bridgehead atoms. The Bertz CT molecular complexity index is 855. The minimum absolute atomic E-state index is 0.0919. The second kappa shape index (κ2) is 8.91. The number of hydrogen-bond acceptors (Lipinski definition) is 3. The molecular formula is C23H30N4O. The van der Waals surface area contributed by atoms with Crippen molar-refractivity contribution in [3.05, 3.63) is 64.7 Å². The van der Waals surface area contributed by atoms with Gasteiger partial charge in [-0.15, -0.1) is 0 Å². The largest absolute Gasteiger partial charge is 0.384 e. The summed E-state index contributed by atoms with van der Waals surface area (Å²) < 4.78 is 0. The maximum absolute atomic E-state index is 12.6.